The Bertz CT molecular complexity index is 961. The van der Waals surface area contributed by atoms with E-state index in [4.69, 9.17) is 0 Å². The maximum absolute atomic E-state index is 13.0. The van der Waals surface area contributed by atoms with Crippen molar-refractivity contribution >= 4 is 27.4 Å². The summed E-state index contributed by atoms with van der Waals surface area (Å²) in [6.45, 7) is 8.14. The summed E-state index contributed by atoms with van der Waals surface area (Å²) >= 11 is 0. The van der Waals surface area contributed by atoms with E-state index in [1.54, 1.807) is 17.9 Å². The van der Waals surface area contributed by atoms with Gasteiger partial charge in [0.25, 0.3) is 5.91 Å². The van der Waals surface area contributed by atoms with Crippen LogP contribution in [0.3, 0.4) is 0 Å². The number of nitrogens with zero attached hydrogens (tertiary/aromatic N) is 5. The van der Waals surface area contributed by atoms with Crippen molar-refractivity contribution in [3.63, 3.8) is 0 Å². The first-order chi connectivity index (χ1) is 13.3. The van der Waals surface area contributed by atoms with Gasteiger partial charge in [0.15, 0.2) is 0 Å². The number of rotatable bonds is 6. The number of amides is 1. The third-order valence-electron chi connectivity index (χ3n) is 5.36. The van der Waals surface area contributed by atoms with Crippen LogP contribution in [0.2, 0.25) is 0 Å². The summed E-state index contributed by atoms with van der Waals surface area (Å²) in [5.74, 6) is 1.02. The van der Waals surface area contributed by atoms with Gasteiger partial charge in [0.2, 0.25) is 10.0 Å². The number of aryl methyl sites for hydroxylation is 1. The van der Waals surface area contributed by atoms with Crippen LogP contribution in [-0.4, -0.2) is 78.4 Å². The summed E-state index contributed by atoms with van der Waals surface area (Å²) in [4.78, 5) is 21.5. The Morgan fingerprint density at radius 3 is 2.39 bits per heavy atom. The SMILES string of the molecule is CCc1nc2ccc(C(=O)N3CCN(S(=O)(=O)CC)CC3)cn2c1N(C)CC. The van der Waals surface area contributed by atoms with Gasteiger partial charge in [-0.05, 0) is 32.4 Å². The standard InChI is InChI=1S/C19H29N5O3S/c1-5-16-18(21(4)6-2)24-14-15(8-9-17(24)20-16)19(25)22-10-12-23(13-11-22)28(26,27)7-3/h8-9,14H,5-7,10-13H2,1-4H3. The Balaban J connectivity index is 1.85. The molecule has 8 nitrogen and oxygen atoms in total. The largest absolute Gasteiger partial charge is 0.360 e. The quantitative estimate of drug-likeness (QED) is 0.724. The Labute approximate surface area is 166 Å². The van der Waals surface area contributed by atoms with Gasteiger partial charge in [-0.25, -0.2) is 13.4 Å². The van der Waals surface area contributed by atoms with Crippen LogP contribution in [0, 0.1) is 0 Å². The summed E-state index contributed by atoms with van der Waals surface area (Å²) in [5, 5.41) is 0. The molecule has 0 saturated carbocycles. The van der Waals surface area contributed by atoms with Crippen LogP contribution in [0.25, 0.3) is 5.65 Å². The summed E-state index contributed by atoms with van der Waals surface area (Å²) in [5.41, 5.74) is 2.42. The molecule has 9 heteroatoms. The van der Waals surface area contributed by atoms with Crippen LogP contribution >= 0.6 is 0 Å². The number of hydrogen-bond acceptors (Lipinski definition) is 5. The molecule has 1 amide bonds. The lowest BCUT2D eigenvalue weighted by molar-refractivity contribution is 0.0697. The van der Waals surface area contributed by atoms with Gasteiger partial charge in [0.1, 0.15) is 11.5 Å². The first-order valence-electron chi connectivity index (χ1n) is 9.81. The molecule has 0 bridgehead atoms. The smallest absolute Gasteiger partial charge is 0.255 e. The van der Waals surface area contributed by atoms with Crippen molar-refractivity contribution in [3.8, 4) is 0 Å². The van der Waals surface area contributed by atoms with Crippen molar-refractivity contribution in [2.45, 2.75) is 27.2 Å². The molecule has 154 valence electrons. The predicted molar refractivity (Wildman–Crippen MR) is 110 cm³/mol. The zero-order valence-corrected chi connectivity index (χ0v) is 17.9. The molecule has 0 aliphatic carbocycles. The average Bonchev–Trinajstić information content (AvgIpc) is 3.10. The van der Waals surface area contributed by atoms with Crippen LogP contribution in [0.15, 0.2) is 18.3 Å². The average molecular weight is 408 g/mol. The molecule has 28 heavy (non-hydrogen) atoms. The molecule has 1 aliphatic heterocycles. The highest BCUT2D eigenvalue weighted by atomic mass is 32.2. The fourth-order valence-corrected chi connectivity index (χ4v) is 4.62. The van der Waals surface area contributed by atoms with E-state index in [0.717, 1.165) is 30.1 Å². The second-order valence-electron chi connectivity index (χ2n) is 6.99. The third kappa shape index (κ3) is 3.73. The molecule has 1 fully saturated rings. The number of anilines is 1. The van der Waals surface area contributed by atoms with Crippen molar-refractivity contribution < 1.29 is 13.2 Å². The van der Waals surface area contributed by atoms with Gasteiger partial charge in [-0.2, -0.15) is 4.31 Å². The number of aromatic nitrogens is 2. The van der Waals surface area contributed by atoms with Crippen LogP contribution in [0.1, 0.15) is 36.8 Å². The third-order valence-corrected chi connectivity index (χ3v) is 7.25. The van der Waals surface area contributed by atoms with Crippen molar-refractivity contribution in [1.82, 2.24) is 18.6 Å². The molecule has 3 rings (SSSR count). The lowest BCUT2D eigenvalue weighted by Crippen LogP contribution is -2.50. The van der Waals surface area contributed by atoms with Crippen molar-refractivity contribution in [2.24, 2.45) is 0 Å². The molecule has 1 saturated heterocycles. The Hall–Kier alpha value is -2.13. The van der Waals surface area contributed by atoms with E-state index >= 15 is 0 Å². The van der Waals surface area contributed by atoms with E-state index in [9.17, 15) is 13.2 Å². The predicted octanol–water partition coefficient (Wildman–Crippen LogP) is 1.46. The molecular weight excluding hydrogens is 378 g/mol. The van der Waals surface area contributed by atoms with E-state index in [1.807, 2.05) is 23.7 Å². The number of carbonyl (C=O) groups is 1. The van der Waals surface area contributed by atoms with Crippen molar-refractivity contribution in [2.75, 3.05) is 50.4 Å². The van der Waals surface area contributed by atoms with Crippen molar-refractivity contribution in [3.05, 3.63) is 29.6 Å². The molecule has 3 heterocycles. The maximum atomic E-state index is 13.0. The van der Waals surface area contributed by atoms with Gasteiger partial charge in [0, 0.05) is 46.0 Å². The van der Waals surface area contributed by atoms with Gasteiger partial charge >= 0.3 is 0 Å². The van der Waals surface area contributed by atoms with E-state index < -0.39 is 10.0 Å². The monoisotopic (exact) mass is 407 g/mol. The molecule has 1 aliphatic rings. The van der Waals surface area contributed by atoms with Gasteiger partial charge < -0.3 is 9.80 Å². The molecular formula is C19H29N5O3S. The second kappa shape index (κ2) is 8.08. The van der Waals surface area contributed by atoms with E-state index in [0.29, 0.717) is 31.7 Å². The number of imidazole rings is 1. The molecule has 2 aromatic heterocycles. The first-order valence-corrected chi connectivity index (χ1v) is 11.4. The minimum absolute atomic E-state index is 0.0766. The molecule has 0 spiro atoms. The van der Waals surface area contributed by atoms with Crippen LogP contribution in [0.5, 0.6) is 0 Å². The minimum atomic E-state index is -3.20. The Morgan fingerprint density at radius 1 is 1.14 bits per heavy atom. The molecule has 0 aromatic carbocycles. The zero-order chi connectivity index (χ0) is 20.5. The molecule has 0 N–H and O–H groups in total. The molecule has 0 radical (unpaired) electrons. The maximum Gasteiger partial charge on any atom is 0.255 e. The highest BCUT2D eigenvalue weighted by Crippen LogP contribution is 2.23. The van der Waals surface area contributed by atoms with Gasteiger partial charge in [-0.15, -0.1) is 0 Å². The molecule has 0 atom stereocenters. The Morgan fingerprint density at radius 2 is 1.82 bits per heavy atom. The van der Waals surface area contributed by atoms with Crippen molar-refractivity contribution in [1.29, 1.82) is 0 Å². The number of carbonyl (C=O) groups excluding carboxylic acids is 1. The molecule has 0 unspecified atom stereocenters. The topological polar surface area (TPSA) is 78.2 Å². The van der Waals surface area contributed by atoms with E-state index in [1.165, 1.54) is 4.31 Å². The summed E-state index contributed by atoms with van der Waals surface area (Å²) in [7, 11) is -1.19. The van der Waals surface area contributed by atoms with Crippen LogP contribution in [-0.2, 0) is 16.4 Å². The fraction of sp³-hybridized carbons (Fsp3) is 0.579. The summed E-state index contributed by atoms with van der Waals surface area (Å²) in [6.07, 6.45) is 2.67. The first kappa shape index (κ1) is 20.6. The normalized spacial score (nSPS) is 15.9. The number of fused-ring (bicyclic) bond motifs is 1. The van der Waals surface area contributed by atoms with Gasteiger partial charge in [-0.3, -0.25) is 9.20 Å². The lowest BCUT2D eigenvalue weighted by atomic mass is 10.2. The van der Waals surface area contributed by atoms with Gasteiger partial charge in [-0.1, -0.05) is 6.92 Å². The highest BCUT2D eigenvalue weighted by molar-refractivity contribution is 7.89. The van der Waals surface area contributed by atoms with Gasteiger partial charge in [0.05, 0.1) is 17.0 Å². The van der Waals surface area contributed by atoms with E-state index in [2.05, 4.69) is 23.7 Å². The number of piperazine rings is 1. The minimum Gasteiger partial charge on any atom is -0.360 e. The van der Waals surface area contributed by atoms with Crippen LogP contribution < -0.4 is 4.90 Å². The molecule has 2 aromatic rings. The number of hydrogen-bond donors (Lipinski definition) is 0. The summed E-state index contributed by atoms with van der Waals surface area (Å²) < 4.78 is 27.5. The number of sulfonamides is 1. The second-order valence-corrected chi connectivity index (χ2v) is 9.25. The van der Waals surface area contributed by atoms with Crippen LogP contribution in [0.4, 0.5) is 5.82 Å². The zero-order valence-electron chi connectivity index (χ0n) is 17.1. The lowest BCUT2D eigenvalue weighted by Gasteiger charge is -2.33. The van der Waals surface area contributed by atoms with E-state index in [-0.39, 0.29) is 11.7 Å². The fourth-order valence-electron chi connectivity index (χ4n) is 3.53. The summed E-state index contributed by atoms with van der Waals surface area (Å²) in [6, 6.07) is 3.67. The Kier molecular flexibility index (Phi) is 5.95. The highest BCUT2D eigenvalue weighted by Gasteiger charge is 2.28. The number of pyridine rings is 1.